The van der Waals surface area contributed by atoms with Crippen molar-refractivity contribution in [2.75, 3.05) is 33.1 Å². The van der Waals surface area contributed by atoms with E-state index in [-0.39, 0.29) is 35.1 Å². The van der Waals surface area contributed by atoms with E-state index in [2.05, 4.69) is 74.1 Å². The number of aromatic nitrogens is 4. The number of hydrogen-bond acceptors (Lipinski definition) is 9. The van der Waals surface area contributed by atoms with Crippen LogP contribution in [0, 0.1) is 11.8 Å². The minimum Gasteiger partial charge on any atom is -0.453 e. The molecule has 4 atom stereocenters. The third kappa shape index (κ3) is 7.64. The second-order valence-electron chi connectivity index (χ2n) is 14.9. The van der Waals surface area contributed by atoms with Crippen molar-refractivity contribution in [1.82, 2.24) is 40.4 Å². The fraction of sp³-hybridized carbons (Fsp3) is 0.415. The topological polar surface area (TPSA) is 175 Å². The van der Waals surface area contributed by atoms with Gasteiger partial charge in [0.2, 0.25) is 11.8 Å². The summed E-state index contributed by atoms with van der Waals surface area (Å²) in [6, 6.07) is 17.1. The van der Waals surface area contributed by atoms with Crippen LogP contribution >= 0.6 is 11.8 Å². The highest BCUT2D eigenvalue weighted by Crippen LogP contribution is 2.39. The van der Waals surface area contributed by atoms with E-state index in [4.69, 9.17) is 14.5 Å². The average molecular weight is 781 g/mol. The average Bonchev–Trinajstić information content (AvgIpc) is 4.04. The third-order valence-electron chi connectivity index (χ3n) is 10.7. The molecule has 294 valence electrons. The number of hydrogen-bond donors (Lipinski definition) is 4. The Kier molecular flexibility index (Phi) is 11.2. The number of imidazole rings is 2. The highest BCUT2D eigenvalue weighted by atomic mass is 32.2. The molecule has 0 spiro atoms. The number of amides is 4. The standard InChI is InChI=1S/C41H48N8O6S/c1-22(2)32(46-40(52)54-5)37(50)48-17-7-8-31(48)35-42-21-30(44-35)25-11-9-24(10-12-25)26-13-15-28-27(20-26)14-16-29-34(28)45-36(43-29)39-49(18-19-56-39)38(51)33(23(3)4)47-41(53)55-6/h9-16,20-23,31-33,39H,7-8,17-19H2,1-6H3,(H,42,44)(H,43,45)(H,46,52)(H,47,53)/t31-,32?,33-,39-/m0/s1. The van der Waals surface area contributed by atoms with Gasteiger partial charge in [-0.15, -0.1) is 11.8 Å². The number of aromatic amines is 2. The molecule has 0 radical (unpaired) electrons. The maximum Gasteiger partial charge on any atom is 0.407 e. The van der Waals surface area contributed by atoms with Gasteiger partial charge < -0.3 is 39.9 Å². The van der Waals surface area contributed by atoms with Gasteiger partial charge in [-0.25, -0.2) is 19.6 Å². The molecule has 2 aromatic heterocycles. The number of carbonyl (C=O) groups is 4. The maximum atomic E-state index is 13.7. The van der Waals surface area contributed by atoms with Crippen LogP contribution in [0.4, 0.5) is 9.59 Å². The second-order valence-corrected chi connectivity index (χ2v) is 16.1. The monoisotopic (exact) mass is 780 g/mol. The summed E-state index contributed by atoms with van der Waals surface area (Å²) >= 11 is 1.65. The lowest BCUT2D eigenvalue weighted by atomic mass is 9.99. The molecule has 0 bridgehead atoms. The van der Waals surface area contributed by atoms with Gasteiger partial charge in [0, 0.05) is 24.2 Å². The van der Waals surface area contributed by atoms with Gasteiger partial charge in [-0.1, -0.05) is 70.2 Å². The Balaban J connectivity index is 1.07. The van der Waals surface area contributed by atoms with Crippen LogP contribution in [0.25, 0.3) is 44.2 Å². The summed E-state index contributed by atoms with van der Waals surface area (Å²) in [6.45, 7) is 8.74. The zero-order valence-corrected chi connectivity index (χ0v) is 33.2. The Hall–Kier alpha value is -5.57. The van der Waals surface area contributed by atoms with Crippen molar-refractivity contribution < 1.29 is 28.7 Å². The van der Waals surface area contributed by atoms with Gasteiger partial charge in [-0.3, -0.25) is 9.59 Å². The fourth-order valence-electron chi connectivity index (χ4n) is 7.61. The number of fused-ring (bicyclic) bond motifs is 3. The number of thioether (sulfide) groups is 1. The lowest BCUT2D eigenvalue weighted by molar-refractivity contribution is -0.136. The van der Waals surface area contributed by atoms with Gasteiger partial charge in [0.25, 0.3) is 0 Å². The first-order valence-electron chi connectivity index (χ1n) is 19.0. The van der Waals surface area contributed by atoms with Crippen molar-refractivity contribution in [1.29, 1.82) is 0 Å². The van der Waals surface area contributed by atoms with E-state index >= 15 is 0 Å². The minimum atomic E-state index is -0.708. The number of nitrogens with zero attached hydrogens (tertiary/aromatic N) is 4. The fourth-order valence-corrected chi connectivity index (χ4v) is 8.79. The van der Waals surface area contributed by atoms with Crippen LogP contribution in [-0.2, 0) is 19.1 Å². The number of rotatable bonds is 10. The zero-order chi connectivity index (χ0) is 39.7. The molecule has 56 heavy (non-hydrogen) atoms. The normalized spacial score (nSPS) is 18.1. The lowest BCUT2D eigenvalue weighted by Crippen LogP contribution is -2.51. The summed E-state index contributed by atoms with van der Waals surface area (Å²) < 4.78 is 9.53. The summed E-state index contributed by atoms with van der Waals surface area (Å²) in [5, 5.41) is 7.14. The largest absolute Gasteiger partial charge is 0.453 e. The molecular weight excluding hydrogens is 733 g/mol. The molecule has 1 unspecified atom stereocenters. The summed E-state index contributed by atoms with van der Waals surface area (Å²) in [6.07, 6.45) is 2.17. The Morgan fingerprint density at radius 1 is 0.786 bits per heavy atom. The molecule has 2 fully saturated rings. The smallest absolute Gasteiger partial charge is 0.407 e. The molecule has 4 N–H and O–H groups in total. The van der Waals surface area contributed by atoms with Crippen LogP contribution in [0.1, 0.15) is 63.6 Å². The van der Waals surface area contributed by atoms with E-state index in [9.17, 15) is 19.2 Å². The highest BCUT2D eigenvalue weighted by Gasteiger charge is 2.39. The van der Waals surface area contributed by atoms with Gasteiger partial charge in [0.15, 0.2) is 0 Å². The van der Waals surface area contributed by atoms with Crippen LogP contribution in [0.2, 0.25) is 0 Å². The van der Waals surface area contributed by atoms with Gasteiger partial charge >= 0.3 is 12.2 Å². The molecular formula is C41H48N8O6S. The van der Waals surface area contributed by atoms with Crippen molar-refractivity contribution in [3.8, 4) is 22.4 Å². The first-order valence-corrected chi connectivity index (χ1v) is 20.0. The van der Waals surface area contributed by atoms with Gasteiger partial charge in [0.05, 0.1) is 43.2 Å². The molecule has 0 saturated carbocycles. The van der Waals surface area contributed by atoms with Crippen LogP contribution in [0.15, 0.2) is 60.8 Å². The molecule has 14 nitrogen and oxygen atoms in total. The van der Waals surface area contributed by atoms with Crippen molar-refractivity contribution in [3.63, 3.8) is 0 Å². The van der Waals surface area contributed by atoms with Crippen LogP contribution in [0.3, 0.4) is 0 Å². The van der Waals surface area contributed by atoms with Gasteiger partial charge in [0.1, 0.15) is 29.1 Å². The Bertz CT molecular complexity index is 2250. The Morgan fingerprint density at radius 3 is 2.09 bits per heavy atom. The Labute approximate surface area is 329 Å². The van der Waals surface area contributed by atoms with Crippen molar-refractivity contribution in [2.24, 2.45) is 11.8 Å². The molecule has 15 heteroatoms. The van der Waals surface area contributed by atoms with E-state index in [0.29, 0.717) is 18.9 Å². The number of likely N-dealkylation sites (tertiary alicyclic amines) is 1. The van der Waals surface area contributed by atoms with Crippen molar-refractivity contribution in [3.05, 3.63) is 72.4 Å². The number of alkyl carbamates (subject to hydrolysis) is 2. The molecule has 4 heterocycles. The number of carbonyl (C=O) groups excluding carboxylic acids is 4. The van der Waals surface area contributed by atoms with Gasteiger partial charge in [-0.2, -0.15) is 0 Å². The molecule has 2 aliphatic heterocycles. The molecule has 3 aromatic carbocycles. The maximum absolute atomic E-state index is 13.7. The van der Waals surface area contributed by atoms with Crippen LogP contribution in [-0.4, -0.2) is 98.9 Å². The van der Waals surface area contributed by atoms with Crippen molar-refractivity contribution in [2.45, 2.75) is 64.0 Å². The van der Waals surface area contributed by atoms with E-state index < -0.39 is 24.3 Å². The highest BCUT2D eigenvalue weighted by molar-refractivity contribution is 7.99. The predicted molar refractivity (Wildman–Crippen MR) is 216 cm³/mol. The SMILES string of the molecule is COC(=O)NC(C(=O)N1CCC[C@H]1c1ncc(-c2ccc(-c3ccc4c(ccc5[nH]c([C@@H]6SCCN6C(=O)[C@@H](NC(=O)OC)C(C)C)nc54)c3)cc2)[nH]1)C(C)C. The lowest BCUT2D eigenvalue weighted by Gasteiger charge is -2.30. The molecule has 7 rings (SSSR count). The van der Waals surface area contributed by atoms with Crippen molar-refractivity contribution >= 4 is 57.6 Å². The van der Waals surface area contributed by atoms with Crippen LogP contribution < -0.4 is 10.6 Å². The molecule has 5 aromatic rings. The number of H-pyrrole nitrogens is 2. The number of ether oxygens (including phenoxy) is 2. The first-order chi connectivity index (χ1) is 27.0. The number of methoxy groups -OCH3 is 2. The summed E-state index contributed by atoms with van der Waals surface area (Å²) in [4.78, 5) is 71.4. The number of benzene rings is 3. The minimum absolute atomic E-state index is 0.107. The second kappa shape index (κ2) is 16.3. The summed E-state index contributed by atoms with van der Waals surface area (Å²) in [7, 11) is 2.58. The number of nitrogens with one attached hydrogen (secondary N) is 4. The molecule has 0 aliphatic carbocycles. The summed E-state index contributed by atoms with van der Waals surface area (Å²) in [5.74, 6) is 1.66. The summed E-state index contributed by atoms with van der Waals surface area (Å²) in [5.41, 5.74) is 5.67. The quantitative estimate of drug-likeness (QED) is 0.119. The van der Waals surface area contributed by atoms with E-state index in [1.54, 1.807) is 22.9 Å². The zero-order valence-electron chi connectivity index (χ0n) is 32.4. The first kappa shape index (κ1) is 38.7. The predicted octanol–water partition coefficient (Wildman–Crippen LogP) is 6.77. The third-order valence-corrected chi connectivity index (χ3v) is 11.9. The van der Waals surface area contributed by atoms with Crippen LogP contribution in [0.5, 0.6) is 0 Å². The van der Waals surface area contributed by atoms with E-state index in [0.717, 1.165) is 68.6 Å². The van der Waals surface area contributed by atoms with E-state index in [1.807, 2.05) is 38.7 Å². The molecule has 2 aliphatic rings. The molecule has 4 amide bonds. The Morgan fingerprint density at radius 2 is 1.43 bits per heavy atom. The van der Waals surface area contributed by atoms with Gasteiger partial charge in [-0.05, 0) is 58.9 Å². The van der Waals surface area contributed by atoms with E-state index in [1.165, 1.54) is 14.2 Å². The molecule has 2 saturated heterocycles.